The molecule has 1 aliphatic carbocycles. The van der Waals surface area contributed by atoms with E-state index in [2.05, 4.69) is 20.3 Å². The number of hydrogen-bond acceptors (Lipinski definition) is 6. The fourth-order valence-corrected chi connectivity index (χ4v) is 3.41. The number of pyridine rings is 1. The minimum absolute atomic E-state index is 0.0643. The van der Waals surface area contributed by atoms with Crippen molar-refractivity contribution in [1.29, 1.82) is 0 Å². The average molecular weight is 345 g/mol. The molecule has 2 heterocycles. The third-order valence-corrected chi connectivity index (χ3v) is 4.84. The summed E-state index contributed by atoms with van der Waals surface area (Å²) in [5.74, 6) is 0.204. The van der Waals surface area contributed by atoms with E-state index in [0.29, 0.717) is 11.1 Å². The highest BCUT2D eigenvalue weighted by Crippen LogP contribution is 2.33. The number of thioether (sulfide) groups is 1. The summed E-state index contributed by atoms with van der Waals surface area (Å²) in [5.41, 5.74) is 0.870. The summed E-state index contributed by atoms with van der Waals surface area (Å²) < 4.78 is 1.69. The Morgan fingerprint density at radius 1 is 1.38 bits per heavy atom. The number of nitrogens with zero attached hydrogens (tertiary/aromatic N) is 5. The van der Waals surface area contributed by atoms with Gasteiger partial charge in [0, 0.05) is 23.9 Å². The Morgan fingerprint density at radius 3 is 2.92 bits per heavy atom. The molecule has 1 N–H and O–H groups in total. The van der Waals surface area contributed by atoms with Crippen molar-refractivity contribution in [2.24, 2.45) is 5.10 Å². The first-order chi connectivity index (χ1) is 11.7. The van der Waals surface area contributed by atoms with Gasteiger partial charge < -0.3 is 5.11 Å². The number of aliphatic carboxylic acids is 1. The molecule has 0 aliphatic heterocycles. The highest BCUT2D eigenvalue weighted by atomic mass is 32.2. The van der Waals surface area contributed by atoms with Gasteiger partial charge in [-0.2, -0.15) is 9.78 Å². The molecule has 2 aromatic rings. The van der Waals surface area contributed by atoms with Crippen molar-refractivity contribution in [2.45, 2.75) is 43.2 Å². The van der Waals surface area contributed by atoms with Crippen LogP contribution in [0.15, 0.2) is 34.8 Å². The molecule has 126 valence electrons. The highest BCUT2D eigenvalue weighted by Gasteiger charge is 2.23. The fraction of sp³-hybridized carbons (Fsp3) is 0.438. The van der Waals surface area contributed by atoms with E-state index in [0.717, 1.165) is 36.0 Å². The molecule has 8 heteroatoms. The molecule has 0 bridgehead atoms. The number of hydrogen-bond donors (Lipinski definition) is 1. The van der Waals surface area contributed by atoms with E-state index < -0.39 is 5.97 Å². The van der Waals surface area contributed by atoms with E-state index in [1.807, 2.05) is 12.1 Å². The summed E-state index contributed by atoms with van der Waals surface area (Å²) in [6, 6.07) is 3.75. The first kappa shape index (κ1) is 16.6. The molecule has 0 aromatic carbocycles. The van der Waals surface area contributed by atoms with E-state index in [1.165, 1.54) is 19.3 Å². The van der Waals surface area contributed by atoms with E-state index in [9.17, 15) is 4.79 Å². The zero-order chi connectivity index (χ0) is 16.8. The van der Waals surface area contributed by atoms with Crippen molar-refractivity contribution in [2.75, 3.05) is 5.75 Å². The van der Waals surface area contributed by atoms with Gasteiger partial charge in [-0.1, -0.05) is 37.1 Å². The highest BCUT2D eigenvalue weighted by molar-refractivity contribution is 7.99. The predicted octanol–water partition coefficient (Wildman–Crippen LogP) is 2.78. The monoisotopic (exact) mass is 345 g/mol. The normalized spacial score (nSPS) is 15.8. The van der Waals surface area contributed by atoms with Crippen LogP contribution in [-0.4, -0.2) is 42.9 Å². The Hall–Kier alpha value is -2.22. The van der Waals surface area contributed by atoms with Crippen LogP contribution in [0.3, 0.4) is 0 Å². The van der Waals surface area contributed by atoms with Crippen LogP contribution in [0.2, 0.25) is 0 Å². The summed E-state index contributed by atoms with van der Waals surface area (Å²) in [6.45, 7) is 0. The van der Waals surface area contributed by atoms with Crippen LogP contribution in [-0.2, 0) is 4.79 Å². The predicted molar refractivity (Wildman–Crippen MR) is 91.4 cm³/mol. The van der Waals surface area contributed by atoms with Gasteiger partial charge in [-0.15, -0.1) is 10.2 Å². The van der Waals surface area contributed by atoms with Crippen LogP contribution >= 0.6 is 11.8 Å². The average Bonchev–Trinajstić information content (AvgIpc) is 3.02. The largest absolute Gasteiger partial charge is 0.481 e. The molecular formula is C16H19N5O2S. The van der Waals surface area contributed by atoms with Crippen LogP contribution in [0.1, 0.15) is 49.4 Å². The molecule has 2 aromatic heterocycles. The van der Waals surface area contributed by atoms with Crippen molar-refractivity contribution < 1.29 is 9.90 Å². The van der Waals surface area contributed by atoms with Crippen molar-refractivity contribution in [3.63, 3.8) is 0 Å². The lowest BCUT2D eigenvalue weighted by Crippen LogP contribution is -2.11. The molecule has 0 atom stereocenters. The standard InChI is InChI=1S/C16H19N5O2S/c22-14(23)11-24-16-20-19-15(13-6-2-1-3-7-13)21(16)18-10-12-5-4-8-17-9-12/h4-5,8-10,13H,1-3,6-7,11H2,(H,22,23)/b18-10-. The molecule has 0 saturated heterocycles. The molecule has 3 rings (SSSR count). The molecule has 0 radical (unpaired) electrons. The zero-order valence-corrected chi connectivity index (χ0v) is 14.0. The lowest BCUT2D eigenvalue weighted by atomic mass is 9.89. The number of carboxylic acids is 1. The second-order valence-corrected chi connectivity index (χ2v) is 6.64. The summed E-state index contributed by atoms with van der Waals surface area (Å²) in [5, 5.41) is 22.4. The van der Waals surface area contributed by atoms with Gasteiger partial charge >= 0.3 is 5.97 Å². The van der Waals surface area contributed by atoms with Crippen LogP contribution < -0.4 is 0 Å². The molecule has 1 saturated carbocycles. The molecule has 7 nitrogen and oxygen atoms in total. The maximum absolute atomic E-state index is 10.8. The third kappa shape index (κ3) is 4.19. The second-order valence-electron chi connectivity index (χ2n) is 5.70. The Labute approximate surface area is 144 Å². The number of carbonyl (C=O) groups is 1. The Morgan fingerprint density at radius 2 is 2.21 bits per heavy atom. The van der Waals surface area contributed by atoms with E-state index >= 15 is 0 Å². The number of rotatable bonds is 6. The molecule has 0 spiro atoms. The van der Waals surface area contributed by atoms with Crippen molar-refractivity contribution in [1.82, 2.24) is 19.9 Å². The van der Waals surface area contributed by atoms with Crippen molar-refractivity contribution >= 4 is 23.9 Å². The molecule has 1 aliphatic rings. The lowest BCUT2D eigenvalue weighted by molar-refractivity contribution is -0.133. The van der Waals surface area contributed by atoms with Crippen LogP contribution in [0.5, 0.6) is 0 Å². The molecule has 0 amide bonds. The number of carboxylic acid groups (broad SMARTS) is 1. The SMILES string of the molecule is O=C(O)CSc1nnc(C2CCCCC2)n1/N=C\c1cccnc1. The van der Waals surface area contributed by atoms with Crippen LogP contribution in [0, 0.1) is 0 Å². The molecular weight excluding hydrogens is 326 g/mol. The van der Waals surface area contributed by atoms with Gasteiger partial charge in [0.15, 0.2) is 5.82 Å². The van der Waals surface area contributed by atoms with Crippen LogP contribution in [0.4, 0.5) is 0 Å². The topological polar surface area (TPSA) is 93.3 Å². The first-order valence-corrected chi connectivity index (χ1v) is 8.97. The Bertz CT molecular complexity index is 711. The van der Waals surface area contributed by atoms with Gasteiger partial charge in [0.2, 0.25) is 5.16 Å². The van der Waals surface area contributed by atoms with Gasteiger partial charge in [-0.25, -0.2) is 0 Å². The lowest BCUT2D eigenvalue weighted by Gasteiger charge is -2.20. The minimum atomic E-state index is -0.884. The number of aromatic nitrogens is 4. The van der Waals surface area contributed by atoms with Gasteiger partial charge in [-0.3, -0.25) is 9.78 Å². The van der Waals surface area contributed by atoms with Gasteiger partial charge in [0.05, 0.1) is 12.0 Å². The molecule has 1 fully saturated rings. The van der Waals surface area contributed by atoms with E-state index in [4.69, 9.17) is 5.11 Å². The first-order valence-electron chi connectivity index (χ1n) is 7.98. The van der Waals surface area contributed by atoms with E-state index in [1.54, 1.807) is 23.3 Å². The quantitative estimate of drug-likeness (QED) is 0.639. The Kier molecular flexibility index (Phi) is 5.58. The van der Waals surface area contributed by atoms with Gasteiger partial charge in [0.1, 0.15) is 0 Å². The third-order valence-electron chi connectivity index (χ3n) is 3.94. The maximum Gasteiger partial charge on any atom is 0.313 e. The molecule has 0 unspecified atom stereocenters. The fourth-order valence-electron chi connectivity index (χ4n) is 2.79. The maximum atomic E-state index is 10.8. The Balaban J connectivity index is 1.88. The smallest absolute Gasteiger partial charge is 0.313 e. The summed E-state index contributed by atoms with van der Waals surface area (Å²) >= 11 is 1.14. The van der Waals surface area contributed by atoms with Gasteiger partial charge in [-0.05, 0) is 18.9 Å². The van der Waals surface area contributed by atoms with Gasteiger partial charge in [0.25, 0.3) is 0 Å². The molecule has 24 heavy (non-hydrogen) atoms. The summed E-state index contributed by atoms with van der Waals surface area (Å²) in [4.78, 5) is 14.9. The second kappa shape index (κ2) is 8.05. The summed E-state index contributed by atoms with van der Waals surface area (Å²) in [6.07, 6.45) is 10.9. The zero-order valence-electron chi connectivity index (χ0n) is 13.2. The van der Waals surface area contributed by atoms with Crippen molar-refractivity contribution in [3.05, 3.63) is 35.9 Å². The van der Waals surface area contributed by atoms with Crippen molar-refractivity contribution in [3.8, 4) is 0 Å². The minimum Gasteiger partial charge on any atom is -0.481 e. The van der Waals surface area contributed by atoms with Crippen LogP contribution in [0.25, 0.3) is 0 Å². The summed E-state index contributed by atoms with van der Waals surface area (Å²) in [7, 11) is 0. The van der Waals surface area contributed by atoms with E-state index in [-0.39, 0.29) is 5.75 Å².